The number of hydrogen-bond acceptors (Lipinski definition) is 1. The highest BCUT2D eigenvalue weighted by atomic mass is 16.4. The zero-order chi connectivity index (χ0) is 10.6. The van der Waals surface area contributed by atoms with Gasteiger partial charge in [-0.25, -0.2) is 9.13 Å². The minimum atomic E-state index is -0.783. The van der Waals surface area contributed by atoms with Gasteiger partial charge in [-0.3, -0.25) is 4.79 Å². The third-order valence-corrected chi connectivity index (χ3v) is 2.19. The molecule has 1 rings (SSSR count). The van der Waals surface area contributed by atoms with E-state index in [-0.39, 0.29) is 6.42 Å². The average molecular weight is 197 g/mol. The van der Waals surface area contributed by atoms with E-state index in [9.17, 15) is 4.79 Å². The Morgan fingerprint density at radius 2 is 2.36 bits per heavy atom. The van der Waals surface area contributed by atoms with Crippen LogP contribution < -0.4 is 4.57 Å². The lowest BCUT2D eigenvalue weighted by Gasteiger charge is -1.90. The molecule has 0 aliphatic heterocycles. The van der Waals surface area contributed by atoms with E-state index in [0.29, 0.717) is 0 Å². The Bertz CT molecular complexity index is 318. The quantitative estimate of drug-likeness (QED) is 0.708. The smallest absolute Gasteiger partial charge is 0.311 e. The zero-order valence-corrected chi connectivity index (χ0v) is 8.73. The highest BCUT2D eigenvalue weighted by Crippen LogP contribution is 1.97. The van der Waals surface area contributed by atoms with Crippen LogP contribution in [0.3, 0.4) is 0 Å². The highest BCUT2D eigenvalue weighted by molar-refractivity contribution is 5.69. The summed E-state index contributed by atoms with van der Waals surface area (Å²) >= 11 is 0. The number of aliphatic carboxylic acids is 1. The van der Waals surface area contributed by atoms with Gasteiger partial charge in [-0.1, -0.05) is 13.3 Å². The predicted octanol–water partition coefficient (Wildman–Crippen LogP) is 0.740. The molecule has 0 amide bonds. The summed E-state index contributed by atoms with van der Waals surface area (Å²) in [6.45, 7) is 3.10. The van der Waals surface area contributed by atoms with E-state index >= 15 is 0 Å². The molecule has 1 heterocycles. The van der Waals surface area contributed by atoms with Crippen molar-refractivity contribution >= 4 is 5.97 Å². The third kappa shape index (κ3) is 2.87. The molecule has 0 aliphatic rings. The second kappa shape index (κ2) is 4.79. The van der Waals surface area contributed by atoms with E-state index in [4.69, 9.17) is 5.11 Å². The van der Waals surface area contributed by atoms with Crippen molar-refractivity contribution in [2.24, 2.45) is 7.05 Å². The van der Waals surface area contributed by atoms with Gasteiger partial charge in [-0.15, -0.1) is 0 Å². The van der Waals surface area contributed by atoms with Crippen molar-refractivity contribution in [2.75, 3.05) is 0 Å². The van der Waals surface area contributed by atoms with Gasteiger partial charge in [0.05, 0.1) is 13.6 Å². The number of hydrogen-bond donors (Lipinski definition) is 1. The molecular formula is C10H17N2O2+. The van der Waals surface area contributed by atoms with Crippen LogP contribution in [0.1, 0.15) is 25.5 Å². The van der Waals surface area contributed by atoms with Gasteiger partial charge in [0.15, 0.2) is 5.69 Å². The molecular weight excluding hydrogens is 180 g/mol. The first kappa shape index (κ1) is 10.8. The van der Waals surface area contributed by atoms with E-state index in [1.54, 1.807) is 0 Å². The minimum absolute atomic E-state index is 0.0929. The number of carbonyl (C=O) groups is 1. The number of carboxylic acids is 1. The van der Waals surface area contributed by atoms with Crippen molar-refractivity contribution in [1.29, 1.82) is 0 Å². The summed E-state index contributed by atoms with van der Waals surface area (Å²) in [5.41, 5.74) is 0.841. The number of imidazole rings is 1. The van der Waals surface area contributed by atoms with Crippen LogP contribution >= 0.6 is 0 Å². The first-order chi connectivity index (χ1) is 6.63. The Morgan fingerprint density at radius 3 is 2.93 bits per heavy atom. The topological polar surface area (TPSA) is 46.1 Å². The molecule has 78 valence electrons. The molecule has 0 radical (unpaired) electrons. The molecule has 4 nitrogen and oxygen atoms in total. The van der Waals surface area contributed by atoms with Gasteiger partial charge in [0, 0.05) is 0 Å². The molecule has 0 atom stereocenters. The standard InChI is InChI=1S/C10H16N2O2/c1-3-4-5-12-7-9(6-10(13)14)11(2)8-12/h7-8H,3-6H2,1-2H3/p+1. The Morgan fingerprint density at radius 1 is 1.64 bits per heavy atom. The van der Waals surface area contributed by atoms with E-state index in [1.807, 2.05) is 28.7 Å². The monoisotopic (exact) mass is 197 g/mol. The van der Waals surface area contributed by atoms with Crippen molar-refractivity contribution in [3.8, 4) is 0 Å². The summed E-state index contributed by atoms with van der Waals surface area (Å²) in [6.07, 6.45) is 6.21. The fourth-order valence-corrected chi connectivity index (χ4v) is 1.40. The van der Waals surface area contributed by atoms with Crippen molar-refractivity contribution in [2.45, 2.75) is 32.7 Å². The van der Waals surface area contributed by atoms with Gasteiger partial charge in [-0.05, 0) is 6.42 Å². The lowest BCUT2D eigenvalue weighted by atomic mass is 10.3. The van der Waals surface area contributed by atoms with Crippen molar-refractivity contribution in [1.82, 2.24) is 4.57 Å². The van der Waals surface area contributed by atoms with Crippen LogP contribution in [0.4, 0.5) is 0 Å². The maximum Gasteiger partial charge on any atom is 0.311 e. The largest absolute Gasteiger partial charge is 0.481 e. The maximum atomic E-state index is 10.5. The van der Waals surface area contributed by atoms with Crippen LogP contribution in [0.15, 0.2) is 12.5 Å². The minimum Gasteiger partial charge on any atom is -0.481 e. The molecule has 14 heavy (non-hydrogen) atoms. The number of unbranched alkanes of at least 4 members (excludes halogenated alkanes) is 1. The maximum absolute atomic E-state index is 10.5. The van der Waals surface area contributed by atoms with Gasteiger partial charge < -0.3 is 5.11 Å². The SMILES string of the molecule is CCCC[n+]1cc(CC(=O)O)n(C)c1. The first-order valence-electron chi connectivity index (χ1n) is 4.89. The molecule has 0 aliphatic carbocycles. The Labute approximate surface area is 83.8 Å². The Hall–Kier alpha value is -1.32. The Balaban J connectivity index is 2.66. The van der Waals surface area contributed by atoms with Gasteiger partial charge in [0.25, 0.3) is 0 Å². The number of rotatable bonds is 5. The fourth-order valence-electron chi connectivity index (χ4n) is 1.40. The zero-order valence-electron chi connectivity index (χ0n) is 8.73. The molecule has 0 fully saturated rings. The number of carboxylic acid groups (broad SMARTS) is 1. The fraction of sp³-hybridized carbons (Fsp3) is 0.600. The van der Waals surface area contributed by atoms with Gasteiger partial charge in [-0.2, -0.15) is 0 Å². The highest BCUT2D eigenvalue weighted by Gasteiger charge is 2.12. The first-order valence-corrected chi connectivity index (χ1v) is 4.89. The molecule has 0 aromatic carbocycles. The molecule has 0 saturated heterocycles. The molecule has 1 aromatic rings. The summed E-state index contributed by atoms with van der Waals surface area (Å²) in [4.78, 5) is 10.5. The molecule has 1 aromatic heterocycles. The van der Waals surface area contributed by atoms with Crippen molar-refractivity contribution < 1.29 is 14.5 Å². The summed E-state index contributed by atoms with van der Waals surface area (Å²) < 4.78 is 3.91. The molecule has 4 heteroatoms. The van der Waals surface area contributed by atoms with Crippen LogP contribution in [0, 0.1) is 0 Å². The summed E-state index contributed by atoms with van der Waals surface area (Å²) in [5, 5.41) is 8.65. The third-order valence-electron chi connectivity index (χ3n) is 2.19. The van der Waals surface area contributed by atoms with Crippen molar-refractivity contribution in [3.63, 3.8) is 0 Å². The second-order valence-electron chi connectivity index (χ2n) is 3.51. The van der Waals surface area contributed by atoms with Gasteiger partial charge in [0.1, 0.15) is 12.6 Å². The lowest BCUT2D eigenvalue weighted by molar-refractivity contribution is -0.696. The normalized spacial score (nSPS) is 10.4. The molecule has 0 saturated carbocycles. The van der Waals surface area contributed by atoms with E-state index in [2.05, 4.69) is 6.92 Å². The summed E-state index contributed by atoms with van der Waals surface area (Å²) in [5.74, 6) is -0.783. The van der Waals surface area contributed by atoms with Gasteiger partial charge in [0.2, 0.25) is 6.33 Å². The number of nitrogens with zero attached hydrogens (tertiary/aromatic N) is 2. The molecule has 0 bridgehead atoms. The predicted molar refractivity (Wildman–Crippen MR) is 51.9 cm³/mol. The van der Waals surface area contributed by atoms with Crippen molar-refractivity contribution in [3.05, 3.63) is 18.2 Å². The Kier molecular flexibility index (Phi) is 3.68. The van der Waals surface area contributed by atoms with Crippen LogP contribution in [-0.2, 0) is 24.8 Å². The van der Waals surface area contributed by atoms with Crippen LogP contribution in [0.5, 0.6) is 0 Å². The number of aryl methyl sites for hydroxylation is 2. The summed E-state index contributed by atoms with van der Waals surface area (Å²) in [6, 6.07) is 0. The van der Waals surface area contributed by atoms with Crippen LogP contribution in [0.25, 0.3) is 0 Å². The molecule has 1 N–H and O–H groups in total. The van der Waals surface area contributed by atoms with Crippen LogP contribution in [-0.4, -0.2) is 15.6 Å². The van der Waals surface area contributed by atoms with E-state index in [0.717, 1.165) is 25.1 Å². The molecule has 0 spiro atoms. The van der Waals surface area contributed by atoms with Crippen LogP contribution in [0.2, 0.25) is 0 Å². The van der Waals surface area contributed by atoms with E-state index in [1.165, 1.54) is 0 Å². The second-order valence-corrected chi connectivity index (χ2v) is 3.51. The summed E-state index contributed by atoms with van der Waals surface area (Å²) in [7, 11) is 1.88. The van der Waals surface area contributed by atoms with Gasteiger partial charge >= 0.3 is 5.97 Å². The van der Waals surface area contributed by atoms with E-state index < -0.39 is 5.97 Å². The average Bonchev–Trinajstić information content (AvgIpc) is 2.43. The lowest BCUT2D eigenvalue weighted by Crippen LogP contribution is -2.30. The number of aromatic nitrogens is 2. The molecule has 0 unspecified atom stereocenters.